The molecule has 5 heteroatoms. The lowest BCUT2D eigenvalue weighted by Gasteiger charge is -2.12. The summed E-state index contributed by atoms with van der Waals surface area (Å²) in [5.41, 5.74) is 1.20. The molecule has 0 aliphatic rings. The van der Waals surface area contributed by atoms with E-state index < -0.39 is 0 Å². The zero-order valence-corrected chi connectivity index (χ0v) is 13.5. The van der Waals surface area contributed by atoms with Gasteiger partial charge in [0.05, 0.1) is 12.2 Å². The maximum atomic E-state index is 5.76. The van der Waals surface area contributed by atoms with Crippen molar-refractivity contribution in [2.45, 2.75) is 26.9 Å². The summed E-state index contributed by atoms with van der Waals surface area (Å²) in [6, 6.07) is 7.89. The van der Waals surface area contributed by atoms with E-state index in [4.69, 9.17) is 4.74 Å². The zero-order chi connectivity index (χ0) is 14.4. The van der Waals surface area contributed by atoms with Crippen LogP contribution in [0.3, 0.4) is 0 Å². The molecule has 0 bridgehead atoms. The summed E-state index contributed by atoms with van der Waals surface area (Å²) in [7, 11) is 0. The molecule has 2 rings (SSSR count). The Morgan fingerprint density at radius 3 is 2.75 bits per heavy atom. The number of nitrogens with zero attached hydrogens (tertiary/aromatic N) is 2. The topological polar surface area (TPSA) is 39.1 Å². The van der Waals surface area contributed by atoms with Gasteiger partial charge in [0.25, 0.3) is 0 Å². The third-order valence-corrected chi connectivity index (χ3v) is 3.62. The fraction of sp³-hybridized carbons (Fsp3) is 0.400. The molecule has 0 fully saturated rings. The molecule has 20 heavy (non-hydrogen) atoms. The maximum Gasteiger partial charge on any atom is 0.119 e. The first kappa shape index (κ1) is 15.1. The Bertz CT molecular complexity index is 537. The molecule has 1 aromatic carbocycles. The van der Waals surface area contributed by atoms with Gasteiger partial charge in [-0.1, -0.05) is 22.9 Å². The highest BCUT2D eigenvalue weighted by Gasteiger charge is 2.06. The second-order valence-electron chi connectivity index (χ2n) is 4.53. The Kier molecular flexibility index (Phi) is 5.61. The minimum atomic E-state index is 0.637. The molecular formula is C15H20BrN3O. The largest absolute Gasteiger partial charge is 0.492 e. The number of aromatic nitrogens is 2. The van der Waals surface area contributed by atoms with E-state index in [1.807, 2.05) is 37.4 Å². The van der Waals surface area contributed by atoms with E-state index in [1.54, 1.807) is 0 Å². The summed E-state index contributed by atoms with van der Waals surface area (Å²) in [5, 5.41) is 3.33. The molecule has 0 saturated heterocycles. The molecule has 108 valence electrons. The molecule has 4 nitrogen and oxygen atoms in total. The van der Waals surface area contributed by atoms with Gasteiger partial charge in [0.1, 0.15) is 18.2 Å². The second kappa shape index (κ2) is 7.45. The third kappa shape index (κ3) is 4.08. The van der Waals surface area contributed by atoms with Crippen molar-refractivity contribution in [1.29, 1.82) is 0 Å². The molecular weight excluding hydrogens is 318 g/mol. The smallest absolute Gasteiger partial charge is 0.119 e. The van der Waals surface area contributed by atoms with Gasteiger partial charge in [-0.3, -0.25) is 0 Å². The van der Waals surface area contributed by atoms with Crippen LogP contribution in [0.25, 0.3) is 0 Å². The van der Waals surface area contributed by atoms with E-state index >= 15 is 0 Å². The predicted octanol–water partition coefficient (Wildman–Crippen LogP) is 3.14. The summed E-state index contributed by atoms with van der Waals surface area (Å²) in [6.07, 6.45) is 1.93. The first-order valence-electron chi connectivity index (χ1n) is 6.80. The second-order valence-corrected chi connectivity index (χ2v) is 5.45. The first-order valence-corrected chi connectivity index (χ1v) is 7.60. The molecule has 0 atom stereocenters. The number of halogens is 1. The number of rotatable bonds is 7. The van der Waals surface area contributed by atoms with Gasteiger partial charge in [-0.15, -0.1) is 0 Å². The number of hydrogen-bond donors (Lipinski definition) is 1. The summed E-state index contributed by atoms with van der Waals surface area (Å²) in [4.78, 5) is 4.37. The van der Waals surface area contributed by atoms with Crippen LogP contribution in [0.5, 0.6) is 5.75 Å². The van der Waals surface area contributed by atoms with E-state index in [0.717, 1.165) is 35.7 Å². The molecule has 0 amide bonds. The average molecular weight is 338 g/mol. The number of imidazole rings is 1. The highest BCUT2D eigenvalue weighted by atomic mass is 79.9. The van der Waals surface area contributed by atoms with Crippen molar-refractivity contribution in [3.05, 3.63) is 46.5 Å². The summed E-state index contributed by atoms with van der Waals surface area (Å²) >= 11 is 3.41. The van der Waals surface area contributed by atoms with Crippen LogP contribution in [0.4, 0.5) is 0 Å². The molecule has 2 aromatic rings. The van der Waals surface area contributed by atoms with Gasteiger partial charge in [-0.05, 0) is 37.7 Å². The van der Waals surface area contributed by atoms with E-state index in [0.29, 0.717) is 6.61 Å². The van der Waals surface area contributed by atoms with E-state index in [9.17, 15) is 0 Å². The predicted molar refractivity (Wildman–Crippen MR) is 84.0 cm³/mol. The van der Waals surface area contributed by atoms with Gasteiger partial charge < -0.3 is 14.6 Å². The highest BCUT2D eigenvalue weighted by Crippen LogP contribution is 2.16. The van der Waals surface area contributed by atoms with Gasteiger partial charge in [0.15, 0.2) is 0 Å². The minimum absolute atomic E-state index is 0.637. The van der Waals surface area contributed by atoms with Gasteiger partial charge >= 0.3 is 0 Å². The fourth-order valence-corrected chi connectivity index (χ4v) is 2.26. The number of hydrogen-bond acceptors (Lipinski definition) is 3. The molecule has 1 N–H and O–H groups in total. The lowest BCUT2D eigenvalue weighted by atomic mass is 10.3. The Morgan fingerprint density at radius 1 is 1.30 bits per heavy atom. The van der Waals surface area contributed by atoms with Crippen molar-refractivity contribution in [1.82, 2.24) is 14.9 Å². The molecule has 1 aromatic heterocycles. The van der Waals surface area contributed by atoms with Crippen LogP contribution in [-0.4, -0.2) is 22.7 Å². The normalized spacial score (nSPS) is 10.8. The van der Waals surface area contributed by atoms with Crippen molar-refractivity contribution < 1.29 is 4.74 Å². The third-order valence-electron chi connectivity index (χ3n) is 3.09. The quantitative estimate of drug-likeness (QED) is 0.843. The molecule has 1 heterocycles. The molecule has 0 aliphatic heterocycles. The van der Waals surface area contributed by atoms with Crippen LogP contribution in [0.2, 0.25) is 0 Å². The Labute approximate surface area is 128 Å². The van der Waals surface area contributed by atoms with Crippen LogP contribution in [0.15, 0.2) is 34.9 Å². The van der Waals surface area contributed by atoms with Gasteiger partial charge in [0.2, 0.25) is 0 Å². The summed E-state index contributed by atoms with van der Waals surface area (Å²) in [6.45, 7) is 7.37. The van der Waals surface area contributed by atoms with Crippen molar-refractivity contribution in [2.24, 2.45) is 0 Å². The molecule has 0 spiro atoms. The van der Waals surface area contributed by atoms with Crippen LogP contribution in [0.1, 0.15) is 18.4 Å². The zero-order valence-electron chi connectivity index (χ0n) is 11.9. The van der Waals surface area contributed by atoms with Crippen LogP contribution < -0.4 is 10.1 Å². The van der Waals surface area contributed by atoms with E-state index in [1.165, 1.54) is 5.69 Å². The van der Waals surface area contributed by atoms with Gasteiger partial charge in [-0.25, -0.2) is 4.98 Å². The molecule has 0 aliphatic carbocycles. The monoisotopic (exact) mass is 337 g/mol. The molecule has 0 radical (unpaired) electrons. The Hall–Kier alpha value is -1.33. The van der Waals surface area contributed by atoms with Crippen LogP contribution >= 0.6 is 15.9 Å². The number of ether oxygens (including phenoxy) is 1. The number of nitrogens with one attached hydrogen (secondary N) is 1. The van der Waals surface area contributed by atoms with Crippen LogP contribution in [0, 0.1) is 6.92 Å². The number of benzene rings is 1. The highest BCUT2D eigenvalue weighted by molar-refractivity contribution is 9.10. The standard InChI is InChI=1S/C15H20BrN3O/c1-3-17-10-14-11-18-12(2)19(14)8-9-20-15-6-4-13(16)5-7-15/h4-7,11,17H,3,8-10H2,1-2H3. The Morgan fingerprint density at radius 2 is 2.05 bits per heavy atom. The molecule has 0 saturated carbocycles. The van der Waals surface area contributed by atoms with Crippen molar-refractivity contribution in [3.63, 3.8) is 0 Å². The van der Waals surface area contributed by atoms with E-state index in [2.05, 4.69) is 37.7 Å². The first-order chi connectivity index (χ1) is 9.70. The lowest BCUT2D eigenvalue weighted by molar-refractivity contribution is 0.294. The Balaban J connectivity index is 1.90. The van der Waals surface area contributed by atoms with E-state index in [-0.39, 0.29) is 0 Å². The van der Waals surface area contributed by atoms with Crippen molar-refractivity contribution in [2.75, 3.05) is 13.2 Å². The van der Waals surface area contributed by atoms with Crippen molar-refractivity contribution >= 4 is 15.9 Å². The van der Waals surface area contributed by atoms with Gasteiger partial charge in [0, 0.05) is 17.2 Å². The lowest BCUT2D eigenvalue weighted by Crippen LogP contribution is -2.18. The van der Waals surface area contributed by atoms with Crippen LogP contribution in [-0.2, 0) is 13.1 Å². The fourth-order valence-electron chi connectivity index (χ4n) is 2.00. The SMILES string of the molecule is CCNCc1cnc(C)n1CCOc1ccc(Br)cc1. The van der Waals surface area contributed by atoms with Crippen molar-refractivity contribution in [3.8, 4) is 5.75 Å². The molecule has 0 unspecified atom stereocenters. The number of aryl methyl sites for hydroxylation is 1. The maximum absolute atomic E-state index is 5.76. The summed E-state index contributed by atoms with van der Waals surface area (Å²) in [5.74, 6) is 1.91. The average Bonchev–Trinajstić information content (AvgIpc) is 2.80. The minimum Gasteiger partial charge on any atom is -0.492 e. The van der Waals surface area contributed by atoms with Gasteiger partial charge in [-0.2, -0.15) is 0 Å². The summed E-state index contributed by atoms with van der Waals surface area (Å²) < 4.78 is 9.01.